The summed E-state index contributed by atoms with van der Waals surface area (Å²) in [5.41, 5.74) is 6.13. The molecule has 2 aromatic carbocycles. The monoisotopic (exact) mass is 397 g/mol. The van der Waals surface area contributed by atoms with Crippen LogP contribution in [0, 0.1) is 0 Å². The summed E-state index contributed by atoms with van der Waals surface area (Å²) in [5.74, 6) is 0.286. The Morgan fingerprint density at radius 2 is 1.80 bits per heavy atom. The summed E-state index contributed by atoms with van der Waals surface area (Å²) in [6.07, 6.45) is 3.26. The quantitative estimate of drug-likeness (QED) is 0.665. The van der Waals surface area contributed by atoms with Crippen molar-refractivity contribution < 1.29 is 9.84 Å². The van der Waals surface area contributed by atoms with Gasteiger partial charge < -0.3 is 14.4 Å². The maximum atomic E-state index is 9.65. The predicted molar refractivity (Wildman–Crippen MR) is 103 cm³/mol. The molecule has 0 saturated heterocycles. The lowest BCUT2D eigenvalue weighted by molar-refractivity contribution is 0.0906. The lowest BCUT2D eigenvalue weighted by Crippen LogP contribution is -2.21. The van der Waals surface area contributed by atoms with Crippen molar-refractivity contribution in [2.45, 2.75) is 25.4 Å². The van der Waals surface area contributed by atoms with Crippen LogP contribution in [-0.4, -0.2) is 22.9 Å². The maximum Gasteiger partial charge on any atom is 0.115 e. The number of phenols is 1. The number of hydrogen-bond acceptors (Lipinski definition) is 2. The smallest absolute Gasteiger partial charge is 0.115 e. The van der Waals surface area contributed by atoms with Gasteiger partial charge in [-0.3, -0.25) is 0 Å². The minimum Gasteiger partial charge on any atom is -0.508 e. The Kier molecular flexibility index (Phi) is 4.40. The molecule has 1 unspecified atom stereocenters. The predicted octanol–water partition coefficient (Wildman–Crippen LogP) is 5.12. The van der Waals surface area contributed by atoms with Crippen LogP contribution in [0.15, 0.2) is 59.1 Å². The molecule has 1 aliphatic rings. The zero-order valence-corrected chi connectivity index (χ0v) is 15.7. The lowest BCUT2D eigenvalue weighted by Gasteiger charge is -2.23. The summed E-state index contributed by atoms with van der Waals surface area (Å²) >= 11 is 3.51. The van der Waals surface area contributed by atoms with E-state index in [0.29, 0.717) is 6.10 Å². The average molecular weight is 398 g/mol. The van der Waals surface area contributed by atoms with Gasteiger partial charge in [-0.05, 0) is 66.4 Å². The average Bonchev–Trinajstić information content (AvgIpc) is 3.01. The van der Waals surface area contributed by atoms with Crippen molar-refractivity contribution in [3.63, 3.8) is 0 Å². The molecule has 25 heavy (non-hydrogen) atoms. The van der Waals surface area contributed by atoms with E-state index < -0.39 is 0 Å². The van der Waals surface area contributed by atoms with Crippen molar-refractivity contribution in [3.8, 4) is 22.7 Å². The van der Waals surface area contributed by atoms with Crippen molar-refractivity contribution in [1.29, 1.82) is 0 Å². The van der Waals surface area contributed by atoms with Crippen LogP contribution in [0.1, 0.15) is 17.7 Å². The van der Waals surface area contributed by atoms with Crippen LogP contribution in [0.4, 0.5) is 0 Å². The number of aromatic nitrogens is 1. The SMILES string of the molecule is COC1CCc2c(cc(-c3ccc(Br)cc3)n2-c2ccc(O)cc2)C1. The third kappa shape index (κ3) is 3.12. The Morgan fingerprint density at radius 3 is 2.48 bits per heavy atom. The van der Waals surface area contributed by atoms with Gasteiger partial charge >= 0.3 is 0 Å². The van der Waals surface area contributed by atoms with E-state index in [4.69, 9.17) is 4.74 Å². The van der Waals surface area contributed by atoms with Gasteiger partial charge in [-0.1, -0.05) is 28.1 Å². The van der Waals surface area contributed by atoms with Crippen molar-refractivity contribution in [3.05, 3.63) is 70.3 Å². The minimum atomic E-state index is 0.286. The molecule has 0 spiro atoms. The van der Waals surface area contributed by atoms with Crippen LogP contribution < -0.4 is 0 Å². The number of hydrogen-bond donors (Lipinski definition) is 1. The van der Waals surface area contributed by atoms with Gasteiger partial charge in [-0.15, -0.1) is 0 Å². The van der Waals surface area contributed by atoms with Crippen LogP contribution in [0.2, 0.25) is 0 Å². The molecule has 3 nitrogen and oxygen atoms in total. The number of benzene rings is 2. The topological polar surface area (TPSA) is 34.4 Å². The molecule has 4 heteroatoms. The number of ether oxygens (including phenoxy) is 1. The fourth-order valence-electron chi connectivity index (χ4n) is 3.63. The van der Waals surface area contributed by atoms with Crippen molar-refractivity contribution in [2.75, 3.05) is 7.11 Å². The molecule has 1 aromatic heterocycles. The van der Waals surface area contributed by atoms with Gasteiger partial charge in [0.2, 0.25) is 0 Å². The highest BCUT2D eigenvalue weighted by Gasteiger charge is 2.25. The Bertz CT molecular complexity index is 882. The van der Waals surface area contributed by atoms with Gasteiger partial charge in [0.15, 0.2) is 0 Å². The van der Waals surface area contributed by atoms with Crippen molar-refractivity contribution >= 4 is 15.9 Å². The maximum absolute atomic E-state index is 9.65. The van der Waals surface area contributed by atoms with E-state index in [1.807, 2.05) is 12.1 Å². The zero-order valence-electron chi connectivity index (χ0n) is 14.1. The first-order valence-electron chi connectivity index (χ1n) is 8.47. The Balaban J connectivity index is 1.89. The van der Waals surface area contributed by atoms with E-state index in [1.165, 1.54) is 22.5 Å². The normalized spacial score (nSPS) is 16.6. The molecule has 1 heterocycles. The molecule has 0 aliphatic heterocycles. The molecular formula is C21H20BrNO2. The third-order valence-electron chi connectivity index (χ3n) is 4.92. The van der Waals surface area contributed by atoms with E-state index in [1.54, 1.807) is 19.2 Å². The fraction of sp³-hybridized carbons (Fsp3) is 0.238. The summed E-state index contributed by atoms with van der Waals surface area (Å²) in [6.45, 7) is 0. The van der Waals surface area contributed by atoms with Crippen LogP contribution in [0.5, 0.6) is 5.75 Å². The Morgan fingerprint density at radius 1 is 1.08 bits per heavy atom. The standard InChI is InChI=1S/C21H20BrNO2/c1-25-19-10-11-20-15(12-19)13-21(14-2-4-16(22)5-3-14)23(20)17-6-8-18(24)9-7-17/h2-9,13,19,24H,10-12H2,1H3. The van der Waals surface area contributed by atoms with E-state index in [9.17, 15) is 5.11 Å². The molecule has 0 amide bonds. The largest absolute Gasteiger partial charge is 0.508 e. The molecule has 128 valence electrons. The molecular weight excluding hydrogens is 378 g/mol. The second kappa shape index (κ2) is 6.70. The van der Waals surface area contributed by atoms with Gasteiger partial charge in [0.05, 0.1) is 11.8 Å². The highest BCUT2D eigenvalue weighted by atomic mass is 79.9. The van der Waals surface area contributed by atoms with Crippen LogP contribution >= 0.6 is 15.9 Å². The summed E-state index contributed by atoms with van der Waals surface area (Å²) < 4.78 is 8.99. The highest BCUT2D eigenvalue weighted by Crippen LogP contribution is 2.35. The van der Waals surface area contributed by atoms with Crippen LogP contribution in [-0.2, 0) is 17.6 Å². The molecule has 0 radical (unpaired) electrons. The number of rotatable bonds is 3. The number of methoxy groups -OCH3 is 1. The first kappa shape index (κ1) is 16.4. The van der Waals surface area contributed by atoms with Crippen LogP contribution in [0.25, 0.3) is 16.9 Å². The highest BCUT2D eigenvalue weighted by molar-refractivity contribution is 9.10. The first-order chi connectivity index (χ1) is 12.2. The number of phenolic OH excluding ortho intramolecular Hbond substituents is 1. The molecule has 0 saturated carbocycles. The molecule has 1 atom stereocenters. The molecule has 4 rings (SSSR count). The van der Waals surface area contributed by atoms with Gasteiger partial charge in [-0.2, -0.15) is 0 Å². The molecule has 0 fully saturated rings. The minimum absolute atomic E-state index is 0.286. The number of aromatic hydroxyl groups is 1. The number of fused-ring (bicyclic) bond motifs is 1. The van der Waals surface area contributed by atoms with E-state index in [-0.39, 0.29) is 5.75 Å². The summed E-state index contributed by atoms with van der Waals surface area (Å²) in [6, 6.07) is 18.1. The molecule has 1 N–H and O–H groups in total. The summed E-state index contributed by atoms with van der Waals surface area (Å²) in [4.78, 5) is 0. The Labute approximate surface area is 156 Å². The summed E-state index contributed by atoms with van der Waals surface area (Å²) in [5, 5.41) is 9.65. The van der Waals surface area contributed by atoms with Gasteiger partial charge in [0.25, 0.3) is 0 Å². The summed E-state index contributed by atoms with van der Waals surface area (Å²) in [7, 11) is 1.79. The zero-order chi connectivity index (χ0) is 17.4. The van der Waals surface area contributed by atoms with Crippen LogP contribution in [0.3, 0.4) is 0 Å². The van der Waals surface area contributed by atoms with E-state index in [2.05, 4.69) is 50.8 Å². The lowest BCUT2D eigenvalue weighted by atomic mass is 9.95. The van der Waals surface area contributed by atoms with Gasteiger partial charge in [0, 0.05) is 29.4 Å². The number of nitrogens with zero attached hydrogens (tertiary/aromatic N) is 1. The fourth-order valence-corrected chi connectivity index (χ4v) is 3.89. The van der Waals surface area contributed by atoms with Crippen molar-refractivity contribution in [2.24, 2.45) is 0 Å². The second-order valence-electron chi connectivity index (χ2n) is 6.46. The third-order valence-corrected chi connectivity index (χ3v) is 5.45. The van der Waals surface area contributed by atoms with E-state index in [0.717, 1.165) is 29.4 Å². The van der Waals surface area contributed by atoms with Gasteiger partial charge in [-0.25, -0.2) is 0 Å². The molecule has 0 bridgehead atoms. The van der Waals surface area contributed by atoms with Crippen molar-refractivity contribution in [1.82, 2.24) is 4.57 Å². The second-order valence-corrected chi connectivity index (χ2v) is 7.38. The van der Waals surface area contributed by atoms with E-state index >= 15 is 0 Å². The number of halogens is 1. The first-order valence-corrected chi connectivity index (χ1v) is 9.26. The molecule has 1 aliphatic carbocycles. The van der Waals surface area contributed by atoms with Gasteiger partial charge in [0.1, 0.15) is 5.75 Å². The Hall–Kier alpha value is -2.04. The molecule has 3 aromatic rings.